The Balaban J connectivity index is 1.60. The predicted octanol–water partition coefficient (Wildman–Crippen LogP) is 2.85. The van der Waals surface area contributed by atoms with Gasteiger partial charge in [-0.15, -0.1) is 10.2 Å². The number of aliphatic hydroxyl groups excluding tert-OH is 1. The molecule has 24 heavy (non-hydrogen) atoms. The molecular weight excluding hydrogens is 377 g/mol. The average Bonchev–Trinajstić information content (AvgIpc) is 2.57. The van der Waals surface area contributed by atoms with Gasteiger partial charge in [0.1, 0.15) is 25.1 Å². The Kier molecular flexibility index (Phi) is 7.81. The van der Waals surface area contributed by atoms with E-state index in [1.54, 1.807) is 30.3 Å². The van der Waals surface area contributed by atoms with Gasteiger partial charge in [-0.1, -0.05) is 34.8 Å². The first kappa shape index (κ1) is 19.0. The molecule has 0 saturated carbocycles. The number of hydrogen-bond acceptors (Lipinski definition) is 6. The van der Waals surface area contributed by atoms with E-state index in [0.717, 1.165) is 0 Å². The maximum Gasteiger partial charge on any atom is 0.233 e. The Morgan fingerprint density at radius 2 is 1.92 bits per heavy atom. The van der Waals surface area contributed by atoms with Crippen LogP contribution >= 0.6 is 34.8 Å². The molecule has 0 aliphatic carbocycles. The van der Waals surface area contributed by atoms with Crippen molar-refractivity contribution in [1.29, 1.82) is 0 Å². The Morgan fingerprint density at radius 1 is 1.08 bits per heavy atom. The number of nitrogens with zero attached hydrogens (tertiary/aromatic N) is 2. The van der Waals surface area contributed by atoms with Gasteiger partial charge in [0.05, 0.1) is 5.02 Å². The van der Waals surface area contributed by atoms with Crippen molar-refractivity contribution < 1.29 is 14.6 Å². The highest BCUT2D eigenvalue weighted by Crippen LogP contribution is 2.27. The number of rotatable bonds is 9. The van der Waals surface area contributed by atoms with Crippen LogP contribution in [0.15, 0.2) is 30.3 Å². The fraction of sp³-hybridized carbons (Fsp3) is 0.333. The minimum Gasteiger partial charge on any atom is -0.491 e. The van der Waals surface area contributed by atoms with Crippen molar-refractivity contribution in [2.24, 2.45) is 0 Å². The van der Waals surface area contributed by atoms with Crippen molar-refractivity contribution >= 4 is 34.8 Å². The number of aromatic nitrogens is 2. The molecule has 0 aliphatic heterocycles. The van der Waals surface area contributed by atoms with Gasteiger partial charge in [-0.25, -0.2) is 0 Å². The zero-order valence-electron chi connectivity index (χ0n) is 12.6. The maximum absolute atomic E-state index is 9.82. The quantitative estimate of drug-likeness (QED) is 0.639. The molecule has 0 bridgehead atoms. The molecule has 0 saturated heterocycles. The first-order valence-electron chi connectivity index (χ1n) is 7.13. The van der Waals surface area contributed by atoms with E-state index in [0.29, 0.717) is 41.4 Å². The van der Waals surface area contributed by atoms with Crippen LogP contribution in [0.1, 0.15) is 0 Å². The van der Waals surface area contributed by atoms with Crippen LogP contribution in [0.5, 0.6) is 11.6 Å². The molecule has 0 amide bonds. The van der Waals surface area contributed by atoms with Gasteiger partial charge in [-0.3, -0.25) is 0 Å². The number of halogens is 3. The summed E-state index contributed by atoms with van der Waals surface area (Å²) in [6, 6.07) is 8.16. The van der Waals surface area contributed by atoms with Crippen LogP contribution in [0.3, 0.4) is 0 Å². The molecule has 6 nitrogen and oxygen atoms in total. The minimum absolute atomic E-state index is 0.0876. The van der Waals surface area contributed by atoms with Crippen molar-refractivity contribution in [3.63, 3.8) is 0 Å². The lowest BCUT2D eigenvalue weighted by Crippen LogP contribution is -2.33. The molecule has 9 heteroatoms. The Bertz CT molecular complexity index is 644. The molecule has 0 spiro atoms. The summed E-state index contributed by atoms with van der Waals surface area (Å²) in [7, 11) is 0. The second kappa shape index (κ2) is 9.86. The number of benzene rings is 1. The summed E-state index contributed by atoms with van der Waals surface area (Å²) in [5.74, 6) is 0.827. The van der Waals surface area contributed by atoms with Crippen molar-refractivity contribution in [2.45, 2.75) is 6.10 Å². The van der Waals surface area contributed by atoms with E-state index in [9.17, 15) is 5.11 Å². The molecule has 1 atom stereocenters. The van der Waals surface area contributed by atoms with Crippen LogP contribution < -0.4 is 14.8 Å². The molecular formula is C15H16Cl3N3O3. The fourth-order valence-electron chi connectivity index (χ4n) is 1.71. The molecule has 0 aliphatic rings. The number of nitrogens with one attached hydrogen (secondary N) is 1. The molecule has 1 heterocycles. The van der Waals surface area contributed by atoms with E-state index in [2.05, 4.69) is 15.5 Å². The monoisotopic (exact) mass is 391 g/mol. The molecule has 2 N–H and O–H groups in total. The van der Waals surface area contributed by atoms with Gasteiger partial charge in [-0.05, 0) is 18.2 Å². The Labute approximate surface area is 154 Å². The first-order chi connectivity index (χ1) is 11.5. The van der Waals surface area contributed by atoms with E-state index in [1.165, 1.54) is 0 Å². The third-order valence-corrected chi connectivity index (χ3v) is 3.59. The maximum atomic E-state index is 9.82. The summed E-state index contributed by atoms with van der Waals surface area (Å²) >= 11 is 17.5. The molecule has 1 aromatic heterocycles. The summed E-state index contributed by atoms with van der Waals surface area (Å²) < 4.78 is 10.8. The molecule has 1 unspecified atom stereocenters. The SMILES string of the molecule is OC(CNCCOc1cc(Cl)ccc1Cl)COc1ccc(Cl)nn1. The van der Waals surface area contributed by atoms with Gasteiger partial charge in [0.15, 0.2) is 5.15 Å². The summed E-state index contributed by atoms with van der Waals surface area (Å²) in [5, 5.41) is 21.6. The van der Waals surface area contributed by atoms with Crippen molar-refractivity contribution in [2.75, 3.05) is 26.3 Å². The molecule has 1 aromatic carbocycles. The van der Waals surface area contributed by atoms with Crippen LogP contribution in [-0.4, -0.2) is 47.7 Å². The molecule has 2 aromatic rings. The average molecular weight is 393 g/mol. The molecule has 130 valence electrons. The van der Waals surface area contributed by atoms with Crippen LogP contribution in [0.2, 0.25) is 15.2 Å². The fourth-order valence-corrected chi connectivity index (χ4v) is 2.15. The summed E-state index contributed by atoms with van der Waals surface area (Å²) in [6.07, 6.45) is -0.697. The molecule has 0 radical (unpaired) electrons. The topological polar surface area (TPSA) is 76.5 Å². The summed E-state index contributed by atoms with van der Waals surface area (Å²) in [5.41, 5.74) is 0. The zero-order valence-corrected chi connectivity index (χ0v) is 14.9. The second-order valence-corrected chi connectivity index (χ2v) is 6.02. The Morgan fingerprint density at radius 3 is 2.67 bits per heavy atom. The van der Waals surface area contributed by atoms with Gasteiger partial charge >= 0.3 is 0 Å². The lowest BCUT2D eigenvalue weighted by atomic mass is 10.3. The van der Waals surface area contributed by atoms with Crippen molar-refractivity contribution in [1.82, 2.24) is 15.5 Å². The highest BCUT2D eigenvalue weighted by Gasteiger charge is 2.06. The number of hydrogen-bond donors (Lipinski definition) is 2. The van der Waals surface area contributed by atoms with Gasteiger partial charge in [-0.2, -0.15) is 0 Å². The smallest absolute Gasteiger partial charge is 0.233 e. The number of aliphatic hydroxyl groups is 1. The highest BCUT2D eigenvalue weighted by atomic mass is 35.5. The second-order valence-electron chi connectivity index (χ2n) is 4.79. The van der Waals surface area contributed by atoms with Crippen molar-refractivity contribution in [3.8, 4) is 11.6 Å². The van der Waals surface area contributed by atoms with Gasteiger partial charge < -0.3 is 19.9 Å². The van der Waals surface area contributed by atoms with E-state index < -0.39 is 6.10 Å². The van der Waals surface area contributed by atoms with E-state index in [-0.39, 0.29) is 11.8 Å². The predicted molar refractivity (Wildman–Crippen MR) is 93.4 cm³/mol. The summed E-state index contributed by atoms with van der Waals surface area (Å²) in [6.45, 7) is 1.34. The van der Waals surface area contributed by atoms with Gasteiger partial charge in [0.25, 0.3) is 0 Å². The van der Waals surface area contributed by atoms with Gasteiger partial charge in [0.2, 0.25) is 5.88 Å². The number of ether oxygens (including phenoxy) is 2. The van der Waals surface area contributed by atoms with Gasteiger partial charge in [0, 0.05) is 30.2 Å². The van der Waals surface area contributed by atoms with Crippen molar-refractivity contribution in [3.05, 3.63) is 45.5 Å². The first-order valence-corrected chi connectivity index (χ1v) is 8.26. The van der Waals surface area contributed by atoms with E-state index in [1.807, 2.05) is 0 Å². The zero-order chi connectivity index (χ0) is 17.4. The lowest BCUT2D eigenvalue weighted by molar-refractivity contribution is 0.102. The van der Waals surface area contributed by atoms with Crippen LogP contribution in [0, 0.1) is 0 Å². The largest absolute Gasteiger partial charge is 0.491 e. The van der Waals surface area contributed by atoms with Crippen LogP contribution in [0.25, 0.3) is 0 Å². The standard InChI is InChI=1S/C15H16Cl3N3O3/c16-10-1-2-12(17)13(7-10)23-6-5-19-8-11(22)9-24-15-4-3-14(18)20-21-15/h1-4,7,11,19,22H,5-6,8-9H2. The van der Waals surface area contributed by atoms with Crippen LogP contribution in [-0.2, 0) is 0 Å². The minimum atomic E-state index is -0.697. The normalized spacial score (nSPS) is 12.0. The summed E-state index contributed by atoms with van der Waals surface area (Å²) in [4.78, 5) is 0. The third-order valence-electron chi connectivity index (χ3n) is 2.84. The third kappa shape index (κ3) is 6.67. The highest BCUT2D eigenvalue weighted by molar-refractivity contribution is 6.34. The van der Waals surface area contributed by atoms with Crippen LogP contribution in [0.4, 0.5) is 0 Å². The Hall–Kier alpha value is -1.31. The molecule has 2 rings (SSSR count). The van der Waals surface area contributed by atoms with E-state index >= 15 is 0 Å². The molecule has 0 fully saturated rings. The van der Waals surface area contributed by atoms with E-state index in [4.69, 9.17) is 44.3 Å². The lowest BCUT2D eigenvalue weighted by Gasteiger charge is -2.13.